The molecule has 0 radical (unpaired) electrons. The molecule has 2 saturated carbocycles. The number of hydrogen-bond acceptors (Lipinski definition) is 1. The Labute approximate surface area is 105 Å². The van der Waals surface area contributed by atoms with E-state index in [9.17, 15) is 0 Å². The highest BCUT2D eigenvalue weighted by molar-refractivity contribution is 9.09. The molecule has 2 aliphatic rings. The lowest BCUT2D eigenvalue weighted by Crippen LogP contribution is -2.64. The van der Waals surface area contributed by atoms with E-state index in [2.05, 4.69) is 46.3 Å². The average Bonchev–Trinajstić information content (AvgIpc) is 2.38. The number of alkyl halides is 1. The first-order valence-electron chi connectivity index (χ1n) is 6.05. The molecule has 2 bridgehead atoms. The van der Waals surface area contributed by atoms with E-state index in [1.165, 1.54) is 24.8 Å². The number of ether oxygens (including phenoxy) is 1. The summed E-state index contributed by atoms with van der Waals surface area (Å²) in [6.07, 6.45) is 3.93. The van der Waals surface area contributed by atoms with Gasteiger partial charge in [0, 0.05) is 23.8 Å². The van der Waals surface area contributed by atoms with Crippen molar-refractivity contribution >= 4 is 15.9 Å². The number of halogens is 1. The van der Waals surface area contributed by atoms with Gasteiger partial charge >= 0.3 is 0 Å². The molecule has 0 amide bonds. The molecule has 0 unspecified atom stereocenters. The maximum absolute atomic E-state index is 5.97. The van der Waals surface area contributed by atoms with Crippen LogP contribution in [-0.4, -0.2) is 11.9 Å². The summed E-state index contributed by atoms with van der Waals surface area (Å²) >= 11 is 3.84. The number of benzene rings is 1. The van der Waals surface area contributed by atoms with Crippen molar-refractivity contribution < 1.29 is 4.74 Å². The molecule has 0 heterocycles. The molecule has 2 fully saturated rings. The van der Waals surface area contributed by atoms with Gasteiger partial charge in [0.15, 0.2) is 0 Å². The van der Waals surface area contributed by atoms with Crippen molar-refractivity contribution in [3.8, 4) is 0 Å². The van der Waals surface area contributed by atoms with Gasteiger partial charge < -0.3 is 4.74 Å². The van der Waals surface area contributed by atoms with Gasteiger partial charge in [0.05, 0.1) is 0 Å². The second-order valence-electron chi connectivity index (χ2n) is 4.95. The number of hydrogen-bond donors (Lipinski definition) is 0. The molecule has 2 heteroatoms. The summed E-state index contributed by atoms with van der Waals surface area (Å²) in [6.45, 7) is 0. The fourth-order valence-electron chi connectivity index (χ4n) is 3.76. The van der Waals surface area contributed by atoms with Crippen LogP contribution in [0.1, 0.15) is 24.8 Å². The van der Waals surface area contributed by atoms with Crippen LogP contribution in [0.5, 0.6) is 0 Å². The van der Waals surface area contributed by atoms with Gasteiger partial charge in [-0.15, -0.1) is 0 Å². The molecule has 0 aromatic heterocycles. The molecule has 3 rings (SSSR count). The SMILES string of the molecule is COC1(c2ccccc2)[C@H]2CCC[C@H]1C2Br. The third-order valence-corrected chi connectivity index (χ3v) is 5.74. The molecule has 0 N–H and O–H groups in total. The van der Waals surface area contributed by atoms with Crippen LogP contribution in [0.3, 0.4) is 0 Å². The lowest BCUT2D eigenvalue weighted by atomic mass is 9.51. The van der Waals surface area contributed by atoms with Gasteiger partial charge in [-0.1, -0.05) is 52.7 Å². The molecule has 0 aliphatic heterocycles. The number of methoxy groups -OCH3 is 1. The Kier molecular flexibility index (Phi) is 2.60. The van der Waals surface area contributed by atoms with Crippen molar-refractivity contribution in [2.24, 2.45) is 11.8 Å². The summed E-state index contributed by atoms with van der Waals surface area (Å²) < 4.78 is 5.97. The molecule has 0 spiro atoms. The first-order valence-corrected chi connectivity index (χ1v) is 6.97. The van der Waals surface area contributed by atoms with Crippen LogP contribution in [0.2, 0.25) is 0 Å². The van der Waals surface area contributed by atoms with Gasteiger partial charge in [0.1, 0.15) is 5.60 Å². The molecule has 16 heavy (non-hydrogen) atoms. The van der Waals surface area contributed by atoms with E-state index < -0.39 is 0 Å². The minimum Gasteiger partial charge on any atom is -0.373 e. The summed E-state index contributed by atoms with van der Waals surface area (Å²) in [4.78, 5) is 0.654. The van der Waals surface area contributed by atoms with Gasteiger partial charge in [-0.25, -0.2) is 0 Å². The Balaban J connectivity index is 2.02. The second-order valence-corrected chi connectivity index (χ2v) is 6.01. The fraction of sp³-hybridized carbons (Fsp3) is 0.571. The molecule has 2 aliphatic carbocycles. The van der Waals surface area contributed by atoms with Gasteiger partial charge in [-0.3, -0.25) is 0 Å². The van der Waals surface area contributed by atoms with E-state index in [4.69, 9.17) is 4.74 Å². The zero-order valence-corrected chi connectivity index (χ0v) is 11.1. The average molecular weight is 281 g/mol. The van der Waals surface area contributed by atoms with Crippen LogP contribution in [0, 0.1) is 11.8 Å². The second kappa shape index (κ2) is 3.85. The highest BCUT2D eigenvalue weighted by Crippen LogP contribution is 2.63. The van der Waals surface area contributed by atoms with E-state index in [1.807, 2.05) is 7.11 Å². The van der Waals surface area contributed by atoms with Crippen LogP contribution in [0.15, 0.2) is 30.3 Å². The highest BCUT2D eigenvalue weighted by atomic mass is 79.9. The number of fused-ring (bicyclic) bond motifs is 2. The predicted molar refractivity (Wildman–Crippen MR) is 68.7 cm³/mol. The first kappa shape index (κ1) is 10.8. The van der Waals surface area contributed by atoms with Gasteiger partial charge in [0.25, 0.3) is 0 Å². The predicted octanol–water partition coefficient (Wildman–Crippen LogP) is 3.72. The first-order chi connectivity index (χ1) is 7.80. The van der Waals surface area contributed by atoms with Gasteiger partial charge in [-0.05, 0) is 18.4 Å². The minimum atomic E-state index is -0.00627. The summed E-state index contributed by atoms with van der Waals surface area (Å²) in [5, 5.41) is 0. The van der Waals surface area contributed by atoms with Crippen molar-refractivity contribution in [3.63, 3.8) is 0 Å². The summed E-state index contributed by atoms with van der Waals surface area (Å²) in [5.41, 5.74) is 1.36. The van der Waals surface area contributed by atoms with E-state index in [-0.39, 0.29) is 5.60 Å². The minimum absolute atomic E-state index is 0.00627. The van der Waals surface area contributed by atoms with Crippen LogP contribution in [0.25, 0.3) is 0 Å². The quantitative estimate of drug-likeness (QED) is 0.751. The Hall–Kier alpha value is -0.340. The Morgan fingerprint density at radius 3 is 2.31 bits per heavy atom. The third-order valence-electron chi connectivity index (χ3n) is 4.46. The maximum atomic E-state index is 5.97. The van der Waals surface area contributed by atoms with Crippen LogP contribution < -0.4 is 0 Å². The van der Waals surface area contributed by atoms with Gasteiger partial charge in [-0.2, -0.15) is 0 Å². The molecule has 1 aromatic carbocycles. The van der Waals surface area contributed by atoms with Crippen molar-refractivity contribution in [1.29, 1.82) is 0 Å². The van der Waals surface area contributed by atoms with Crippen molar-refractivity contribution in [2.45, 2.75) is 29.7 Å². The molecular formula is C14H17BrO. The lowest BCUT2D eigenvalue weighted by Gasteiger charge is -2.62. The largest absolute Gasteiger partial charge is 0.373 e. The van der Waals surface area contributed by atoms with Gasteiger partial charge in [0.2, 0.25) is 0 Å². The molecule has 0 saturated heterocycles. The van der Waals surface area contributed by atoms with Crippen molar-refractivity contribution in [2.75, 3.05) is 7.11 Å². The maximum Gasteiger partial charge on any atom is 0.100 e. The zero-order valence-electron chi connectivity index (χ0n) is 9.53. The highest BCUT2D eigenvalue weighted by Gasteiger charge is 2.63. The van der Waals surface area contributed by atoms with Crippen LogP contribution in [0.4, 0.5) is 0 Å². The monoisotopic (exact) mass is 280 g/mol. The van der Waals surface area contributed by atoms with Crippen molar-refractivity contribution in [1.82, 2.24) is 0 Å². The summed E-state index contributed by atoms with van der Waals surface area (Å²) in [7, 11) is 1.87. The molecule has 1 nitrogen and oxygen atoms in total. The topological polar surface area (TPSA) is 9.23 Å². The molecule has 2 atom stereocenters. The zero-order chi connectivity index (χ0) is 11.2. The van der Waals surface area contributed by atoms with E-state index >= 15 is 0 Å². The van der Waals surface area contributed by atoms with Crippen LogP contribution >= 0.6 is 15.9 Å². The lowest BCUT2D eigenvalue weighted by molar-refractivity contribution is -0.198. The Bertz CT molecular complexity index is 364. The molecule has 86 valence electrons. The van der Waals surface area contributed by atoms with Crippen molar-refractivity contribution in [3.05, 3.63) is 35.9 Å². The van der Waals surface area contributed by atoms with E-state index in [1.54, 1.807) is 0 Å². The van der Waals surface area contributed by atoms with E-state index in [0.29, 0.717) is 16.7 Å². The number of rotatable bonds is 2. The fourth-order valence-corrected chi connectivity index (χ4v) is 5.08. The third kappa shape index (κ3) is 1.20. The van der Waals surface area contributed by atoms with E-state index in [0.717, 1.165) is 0 Å². The Morgan fingerprint density at radius 2 is 1.81 bits per heavy atom. The standard InChI is InChI=1S/C14H17BrO/c1-16-14(10-6-3-2-4-7-10)11-8-5-9-12(14)13(11)15/h2-4,6-7,11-13H,5,8-9H2,1H3/t11-,12-,13?,14?/m0/s1. The van der Waals surface area contributed by atoms with Crippen LogP contribution in [-0.2, 0) is 10.3 Å². The summed E-state index contributed by atoms with van der Waals surface area (Å²) in [5.74, 6) is 1.30. The summed E-state index contributed by atoms with van der Waals surface area (Å²) in [6, 6.07) is 10.7. The normalized spacial score (nSPS) is 41.5. The Morgan fingerprint density at radius 1 is 1.19 bits per heavy atom. The molecular weight excluding hydrogens is 264 g/mol. The molecule has 1 aromatic rings. The smallest absolute Gasteiger partial charge is 0.100 e.